The van der Waals surface area contributed by atoms with Crippen molar-refractivity contribution in [1.82, 2.24) is 9.88 Å². The van der Waals surface area contributed by atoms with Gasteiger partial charge in [0.15, 0.2) is 0 Å². The normalized spacial score (nSPS) is 13.3. The Morgan fingerprint density at radius 3 is 2.42 bits per heavy atom. The number of hydrogen-bond acceptors (Lipinski definition) is 5. The second-order valence-corrected chi connectivity index (χ2v) is 6.13. The van der Waals surface area contributed by atoms with E-state index in [0.29, 0.717) is 16.8 Å². The van der Waals surface area contributed by atoms with E-state index in [1.54, 1.807) is 19.1 Å². The van der Waals surface area contributed by atoms with Crippen LogP contribution in [-0.2, 0) is 0 Å². The Morgan fingerprint density at radius 2 is 1.79 bits per heavy atom. The number of aromatic hydroxyl groups is 1. The minimum Gasteiger partial charge on any atom is -0.508 e. The molecule has 0 saturated carbocycles. The third kappa shape index (κ3) is 2.17. The molecule has 0 aliphatic carbocycles. The number of hydrogen-bond donors (Lipinski definition) is 3. The van der Waals surface area contributed by atoms with E-state index >= 15 is 0 Å². The van der Waals surface area contributed by atoms with Crippen molar-refractivity contribution in [3.63, 3.8) is 0 Å². The van der Waals surface area contributed by atoms with Gasteiger partial charge in [0.2, 0.25) is 0 Å². The highest BCUT2D eigenvalue weighted by Gasteiger charge is 2.32. The molecule has 7 heteroatoms. The zero-order chi connectivity index (χ0) is 17.8. The van der Waals surface area contributed by atoms with Crippen LogP contribution in [0.2, 0.25) is 0 Å². The maximum absolute atomic E-state index is 12.5. The molecule has 2 aromatic rings. The number of nitrogens with one attached hydrogen (secondary N) is 1. The van der Waals surface area contributed by atoms with Gasteiger partial charge in [-0.3, -0.25) is 24.3 Å². The van der Waals surface area contributed by atoms with Crippen LogP contribution in [-0.4, -0.2) is 21.5 Å². The number of rotatable bonds is 2. The molecule has 1 aromatic carbocycles. The molecule has 1 aromatic heterocycles. The summed E-state index contributed by atoms with van der Waals surface area (Å²) in [6.45, 7) is 5.55. The number of nitrogens with two attached hydrogens (primary N) is 1. The molecule has 3 rings (SSSR count). The van der Waals surface area contributed by atoms with Gasteiger partial charge >= 0.3 is 0 Å². The van der Waals surface area contributed by atoms with Gasteiger partial charge in [-0.1, -0.05) is 13.8 Å². The number of aryl methyl sites for hydroxylation is 1. The fraction of sp³-hybridized carbons (Fsp3) is 0.235. The van der Waals surface area contributed by atoms with E-state index in [1.807, 2.05) is 13.8 Å². The highest BCUT2D eigenvalue weighted by Crippen LogP contribution is 2.32. The Balaban J connectivity index is 2.35. The van der Waals surface area contributed by atoms with Crippen LogP contribution >= 0.6 is 0 Å². The molecule has 0 atom stereocenters. The maximum atomic E-state index is 12.5. The van der Waals surface area contributed by atoms with Crippen LogP contribution < -0.4 is 16.6 Å². The summed E-state index contributed by atoms with van der Waals surface area (Å²) in [5, 5.41) is 12.2. The van der Waals surface area contributed by atoms with E-state index in [9.17, 15) is 19.5 Å². The zero-order valence-corrected chi connectivity index (χ0v) is 13.5. The Morgan fingerprint density at radius 1 is 1.12 bits per heavy atom. The third-order valence-electron chi connectivity index (χ3n) is 4.16. The number of anilines is 1. The van der Waals surface area contributed by atoms with Gasteiger partial charge in [-0.05, 0) is 36.1 Å². The van der Waals surface area contributed by atoms with Gasteiger partial charge < -0.3 is 10.8 Å². The summed E-state index contributed by atoms with van der Waals surface area (Å²) in [4.78, 5) is 36.2. The molecule has 0 radical (unpaired) electrons. The lowest BCUT2D eigenvalue weighted by atomic mass is 9.98. The third-order valence-corrected chi connectivity index (χ3v) is 4.16. The van der Waals surface area contributed by atoms with Crippen LogP contribution in [0.25, 0.3) is 5.69 Å². The van der Waals surface area contributed by atoms with Gasteiger partial charge in [0, 0.05) is 6.07 Å². The number of carbonyl (C=O) groups excluding carboxylic acids is 2. The minimum absolute atomic E-state index is 0.00169. The van der Waals surface area contributed by atoms with Crippen LogP contribution in [0, 0.1) is 6.92 Å². The quantitative estimate of drug-likeness (QED) is 0.722. The second-order valence-electron chi connectivity index (χ2n) is 6.13. The van der Waals surface area contributed by atoms with E-state index in [-0.39, 0.29) is 28.6 Å². The molecular weight excluding hydrogens is 310 g/mol. The maximum Gasteiger partial charge on any atom is 0.262 e. The van der Waals surface area contributed by atoms with Gasteiger partial charge in [0.1, 0.15) is 11.6 Å². The van der Waals surface area contributed by atoms with E-state index < -0.39 is 17.4 Å². The van der Waals surface area contributed by atoms with Crippen molar-refractivity contribution >= 4 is 17.6 Å². The van der Waals surface area contributed by atoms with Gasteiger partial charge in [0.25, 0.3) is 17.4 Å². The standard InChI is InChI=1S/C17H17N3O4/c1-7(2)9-5-11(8(3)4-12(9)21)20-13(22)6-10-14(15(20)18)17(24)19-16(10)23/h4-7,21H,18H2,1-3H3,(H,19,23,24). The highest BCUT2D eigenvalue weighted by molar-refractivity contribution is 6.23. The number of nitrogen functional groups attached to an aromatic ring is 1. The highest BCUT2D eigenvalue weighted by atomic mass is 16.3. The molecule has 1 aliphatic heterocycles. The van der Waals surface area contributed by atoms with Crippen molar-refractivity contribution in [1.29, 1.82) is 0 Å². The van der Waals surface area contributed by atoms with Crippen molar-refractivity contribution in [2.24, 2.45) is 0 Å². The number of phenolic OH excluding ortho intramolecular Hbond substituents is 1. The van der Waals surface area contributed by atoms with Crippen LogP contribution in [0.15, 0.2) is 23.0 Å². The Bertz CT molecular complexity index is 957. The van der Waals surface area contributed by atoms with Gasteiger partial charge in [-0.25, -0.2) is 0 Å². The van der Waals surface area contributed by atoms with Gasteiger partial charge in [0.05, 0.1) is 16.8 Å². The Hall–Kier alpha value is -3.09. The predicted molar refractivity (Wildman–Crippen MR) is 88.7 cm³/mol. The smallest absolute Gasteiger partial charge is 0.262 e. The lowest BCUT2D eigenvalue weighted by Crippen LogP contribution is -2.24. The van der Waals surface area contributed by atoms with Crippen molar-refractivity contribution < 1.29 is 14.7 Å². The number of benzene rings is 1. The summed E-state index contributed by atoms with van der Waals surface area (Å²) < 4.78 is 1.19. The number of fused-ring (bicyclic) bond motifs is 1. The predicted octanol–water partition coefficient (Wildman–Crippen LogP) is 1.44. The topological polar surface area (TPSA) is 114 Å². The molecule has 0 saturated heterocycles. The molecule has 24 heavy (non-hydrogen) atoms. The number of amides is 2. The number of pyridine rings is 1. The second kappa shape index (κ2) is 5.23. The molecule has 2 heterocycles. The molecule has 0 spiro atoms. The van der Waals surface area contributed by atoms with Crippen molar-refractivity contribution in [2.45, 2.75) is 26.7 Å². The van der Waals surface area contributed by atoms with E-state index in [0.717, 1.165) is 6.07 Å². The van der Waals surface area contributed by atoms with Crippen LogP contribution in [0.3, 0.4) is 0 Å². The SMILES string of the molecule is Cc1cc(O)c(C(C)C)cc1-n1c(N)c2c(cc1=O)C(=O)NC2=O. The van der Waals surface area contributed by atoms with Crippen molar-refractivity contribution in [2.75, 3.05) is 5.73 Å². The summed E-state index contributed by atoms with van der Waals surface area (Å²) in [6, 6.07) is 4.33. The summed E-state index contributed by atoms with van der Waals surface area (Å²) in [7, 11) is 0. The molecule has 124 valence electrons. The number of nitrogens with zero attached hydrogens (tertiary/aromatic N) is 1. The average molecular weight is 327 g/mol. The van der Waals surface area contributed by atoms with E-state index in [1.165, 1.54) is 4.57 Å². The van der Waals surface area contributed by atoms with Crippen molar-refractivity contribution in [3.05, 3.63) is 50.8 Å². The monoisotopic (exact) mass is 327 g/mol. The molecule has 4 N–H and O–H groups in total. The molecule has 1 aliphatic rings. The largest absolute Gasteiger partial charge is 0.508 e. The lowest BCUT2D eigenvalue weighted by Gasteiger charge is -2.17. The van der Waals surface area contributed by atoms with Gasteiger partial charge in [-0.2, -0.15) is 0 Å². The lowest BCUT2D eigenvalue weighted by molar-refractivity contribution is 0.0880. The number of aromatic nitrogens is 1. The first-order valence-corrected chi connectivity index (χ1v) is 7.47. The van der Waals surface area contributed by atoms with Crippen LogP contribution in [0.5, 0.6) is 5.75 Å². The van der Waals surface area contributed by atoms with Crippen LogP contribution in [0.1, 0.15) is 51.6 Å². The number of imide groups is 1. The number of carbonyl (C=O) groups is 2. The van der Waals surface area contributed by atoms with Gasteiger partial charge in [-0.15, -0.1) is 0 Å². The fourth-order valence-electron chi connectivity index (χ4n) is 2.93. The first-order valence-electron chi connectivity index (χ1n) is 7.47. The molecule has 7 nitrogen and oxygen atoms in total. The summed E-state index contributed by atoms with van der Waals surface area (Å²) >= 11 is 0. The molecular formula is C17H17N3O4. The first kappa shape index (κ1) is 15.8. The molecule has 0 bridgehead atoms. The Labute approximate surface area is 137 Å². The summed E-state index contributed by atoms with van der Waals surface area (Å²) in [6.07, 6.45) is 0. The van der Waals surface area contributed by atoms with Crippen molar-refractivity contribution in [3.8, 4) is 11.4 Å². The number of phenols is 1. The van der Waals surface area contributed by atoms with Crippen LogP contribution in [0.4, 0.5) is 5.82 Å². The zero-order valence-electron chi connectivity index (χ0n) is 13.5. The Kier molecular flexibility index (Phi) is 3.44. The summed E-state index contributed by atoms with van der Waals surface area (Å²) in [5.41, 5.74) is 7.25. The molecule has 2 amide bonds. The molecule has 0 fully saturated rings. The average Bonchev–Trinajstić information content (AvgIpc) is 2.75. The first-order chi connectivity index (χ1) is 11.2. The fourth-order valence-corrected chi connectivity index (χ4v) is 2.93. The summed E-state index contributed by atoms with van der Waals surface area (Å²) in [5.74, 6) is -1.19. The molecule has 0 unspecified atom stereocenters. The van der Waals surface area contributed by atoms with E-state index in [4.69, 9.17) is 5.73 Å². The minimum atomic E-state index is -0.628. The van der Waals surface area contributed by atoms with E-state index in [2.05, 4.69) is 5.32 Å².